The van der Waals surface area contributed by atoms with Crippen molar-refractivity contribution in [3.63, 3.8) is 0 Å². The molecule has 126 heavy (non-hydrogen) atoms. The standard InChI is InChI=1S/C28H29FO3.C23H19FO.C17H15ClO.C15H20BClO2.C7H5BrO.C6H5BFO.C4H9NO3.CHF3.H2O/c1-19-10-11-21(14-15-28(3,18-30)27(31)32)16-23(19)13-12-22-6-5-9-26(20(22)2)24-7-4-8-25(29)17-24;1-16-9-10-18(15-25)13-20(16)12-11-19-5-4-8-23(17(19)2)21-6-3-7-22(24)14-21;1-12-6-7-14(11-19)10-16(12)9-8-15-4-3-5-17(18)13(15)2;1-11-12(7-6-8-13(11)17)9-10-16-18-14(2,3)15(4,5)19-16;8-7-3-1-2-6(4-7)5-9;8-6-3-1-2-5(4-6)7-9;1-4(5,2-6)3(7)8;2-1(3)4;/h4-13,16-17,30H,14-15,18H2,1-3H3,(H,31,32);3-15H,1-2H3;3-11H,1-2H3;6-10H,1-5H3;1-5H;1-4,9H;6H,2,5H2,1H3,(H,7,8);1H;1H2/b13-12+;12-11+;9-8+;10-9+;;;;;. The molecule has 0 amide bonds. The molecule has 25 heteroatoms. The van der Waals surface area contributed by atoms with Crippen LogP contribution >= 0.6 is 39.1 Å². The molecule has 12 rings (SSSR count). The third kappa shape index (κ3) is 34.3. The van der Waals surface area contributed by atoms with Crippen molar-refractivity contribution in [1.29, 1.82) is 0 Å². The Morgan fingerprint density at radius 2 is 0.841 bits per heavy atom. The van der Waals surface area contributed by atoms with Gasteiger partial charge in [-0.3, -0.25) is 24.0 Å². The zero-order chi connectivity index (χ0) is 92.9. The summed E-state index contributed by atoms with van der Waals surface area (Å²) in [5.41, 5.74) is 24.1. The number of aliphatic hydroxyl groups is 2. The Hall–Kier alpha value is -11.2. The summed E-state index contributed by atoms with van der Waals surface area (Å²) in [7, 11) is 0.548. The Bertz CT molecular complexity index is 5570. The summed E-state index contributed by atoms with van der Waals surface area (Å²) in [6.45, 7) is 20.6. The monoisotopic (exact) mass is 1820 g/mol. The van der Waals surface area contributed by atoms with Crippen molar-refractivity contribution in [2.75, 3.05) is 13.2 Å². The zero-order valence-corrected chi connectivity index (χ0v) is 75.4. The number of hydrogen-bond acceptors (Lipinski definition) is 11. The van der Waals surface area contributed by atoms with Crippen LogP contribution in [0.1, 0.15) is 162 Å². The van der Waals surface area contributed by atoms with E-state index in [1.807, 2.05) is 258 Å². The summed E-state index contributed by atoms with van der Waals surface area (Å²) in [6, 6.07) is 67.3. The maximum Gasteiger partial charge on any atom is 0.487 e. The number of carbonyl (C=O) groups is 5. The van der Waals surface area contributed by atoms with E-state index in [-0.39, 0.29) is 47.9 Å². The molecular weight excluding hydrogens is 1720 g/mol. The van der Waals surface area contributed by atoms with Crippen LogP contribution in [0.25, 0.3) is 64.8 Å². The number of hydrogen-bond donors (Lipinski definition) is 6. The van der Waals surface area contributed by atoms with Crippen LogP contribution in [-0.2, 0) is 25.3 Å². The number of aryl methyl sites for hydroxylation is 4. The molecule has 2 unspecified atom stereocenters. The van der Waals surface area contributed by atoms with E-state index in [1.165, 1.54) is 37.3 Å². The van der Waals surface area contributed by atoms with Gasteiger partial charge in [0.15, 0.2) is 0 Å². The van der Waals surface area contributed by atoms with Crippen molar-refractivity contribution in [2.45, 2.75) is 126 Å². The second-order valence-electron chi connectivity index (χ2n) is 30.6. The highest BCUT2D eigenvalue weighted by Crippen LogP contribution is 2.38. The van der Waals surface area contributed by atoms with Gasteiger partial charge in [0.25, 0.3) is 0 Å². The third-order valence-electron chi connectivity index (χ3n) is 20.5. The Labute approximate surface area is 753 Å². The number of carboxylic acid groups (broad SMARTS) is 2. The highest BCUT2D eigenvalue weighted by Gasteiger charge is 2.50. The van der Waals surface area contributed by atoms with Crippen LogP contribution in [0.4, 0.5) is 26.3 Å². The molecule has 11 aromatic rings. The molecule has 0 aliphatic carbocycles. The third-order valence-corrected chi connectivity index (χ3v) is 21.8. The number of aliphatic hydroxyl groups excluding tert-OH is 2. The van der Waals surface area contributed by atoms with Gasteiger partial charge < -0.3 is 46.0 Å². The van der Waals surface area contributed by atoms with E-state index >= 15 is 0 Å². The minimum atomic E-state index is -3.67. The van der Waals surface area contributed by atoms with E-state index in [1.54, 1.807) is 49.4 Å². The molecule has 1 aliphatic heterocycles. The van der Waals surface area contributed by atoms with Gasteiger partial charge in [-0.05, 0) is 281 Å². The van der Waals surface area contributed by atoms with Crippen molar-refractivity contribution < 1.29 is 90.6 Å². The fraction of sp³-hybridized carbons (Fsp3) is 0.218. The topological polar surface area (TPSA) is 262 Å². The molecule has 9 N–H and O–H groups in total. The number of halogens is 9. The summed E-state index contributed by atoms with van der Waals surface area (Å²) >= 11 is 15.4. The van der Waals surface area contributed by atoms with Crippen molar-refractivity contribution in [2.24, 2.45) is 11.1 Å². The summed E-state index contributed by atoms with van der Waals surface area (Å²) in [4.78, 5) is 53.3. The first-order valence-electron chi connectivity index (χ1n) is 39.4. The highest BCUT2D eigenvalue weighted by atomic mass is 79.9. The molecule has 661 valence electrons. The number of benzene rings is 11. The first-order chi connectivity index (χ1) is 59.0. The first kappa shape index (κ1) is 107. The van der Waals surface area contributed by atoms with Gasteiger partial charge in [0.1, 0.15) is 41.8 Å². The molecule has 11 aromatic carbocycles. The normalized spacial score (nSPS) is 13.1. The van der Waals surface area contributed by atoms with Crippen molar-refractivity contribution >= 4 is 133 Å². The second-order valence-corrected chi connectivity index (χ2v) is 32.4. The smallest absolute Gasteiger partial charge is 0.481 e. The average molecular weight is 1830 g/mol. The first-order valence-corrected chi connectivity index (χ1v) is 40.9. The number of alkyl halides is 3. The van der Waals surface area contributed by atoms with Crippen LogP contribution < -0.4 is 11.2 Å². The molecule has 14 nitrogen and oxygen atoms in total. The van der Waals surface area contributed by atoms with E-state index < -0.39 is 36.2 Å². The maximum absolute atomic E-state index is 13.7. The van der Waals surface area contributed by atoms with Gasteiger partial charge in [-0.1, -0.05) is 245 Å². The molecule has 1 saturated heterocycles. The minimum Gasteiger partial charge on any atom is -0.481 e. The molecule has 0 bridgehead atoms. The van der Waals surface area contributed by atoms with Crippen LogP contribution in [0.3, 0.4) is 0 Å². The number of aldehydes is 3. The fourth-order valence-electron chi connectivity index (χ4n) is 11.7. The van der Waals surface area contributed by atoms with Gasteiger partial charge in [0, 0.05) is 31.2 Å². The lowest BCUT2D eigenvalue weighted by Gasteiger charge is -2.32. The number of rotatable bonds is 21. The van der Waals surface area contributed by atoms with Gasteiger partial charge in [-0.15, -0.1) is 0 Å². The summed E-state index contributed by atoms with van der Waals surface area (Å²) in [5, 5.41) is 45.2. The molecule has 0 aromatic heterocycles. The number of carbonyl (C=O) groups excluding carboxylic acids is 3. The van der Waals surface area contributed by atoms with Crippen LogP contribution in [0.2, 0.25) is 10.0 Å². The molecule has 0 spiro atoms. The molecule has 1 heterocycles. The average Bonchev–Trinajstić information content (AvgIpc) is 1.63. The summed E-state index contributed by atoms with van der Waals surface area (Å²) in [5.74, 6) is -1.07. The maximum atomic E-state index is 13.7. The van der Waals surface area contributed by atoms with Crippen LogP contribution in [0.15, 0.2) is 235 Å². The molecular formula is C101H105B2BrCl2F6NO13. The predicted octanol–water partition coefficient (Wildman–Crippen LogP) is 23.1. The van der Waals surface area contributed by atoms with E-state index in [0.29, 0.717) is 35.0 Å². The van der Waals surface area contributed by atoms with E-state index in [4.69, 9.17) is 53.5 Å². The van der Waals surface area contributed by atoms with Gasteiger partial charge in [-0.25, -0.2) is 13.2 Å². The Morgan fingerprint density at radius 3 is 1.20 bits per heavy atom. The highest BCUT2D eigenvalue weighted by molar-refractivity contribution is 9.10. The molecule has 1 fully saturated rings. The van der Waals surface area contributed by atoms with Crippen molar-refractivity contribution in [3.05, 3.63) is 363 Å². The summed E-state index contributed by atoms with van der Waals surface area (Å²) < 4.78 is 81.2. The zero-order valence-electron chi connectivity index (χ0n) is 72.3. The Kier molecular flexibility index (Phi) is 44.3. The Morgan fingerprint density at radius 1 is 0.476 bits per heavy atom. The van der Waals surface area contributed by atoms with E-state index in [2.05, 4.69) is 34.1 Å². The predicted molar refractivity (Wildman–Crippen MR) is 504 cm³/mol. The number of nitrogens with two attached hydrogens (primary N) is 1. The van der Waals surface area contributed by atoms with Crippen LogP contribution in [0.5, 0.6) is 0 Å². The van der Waals surface area contributed by atoms with Gasteiger partial charge in [-0.2, -0.15) is 13.2 Å². The molecule has 1 aliphatic rings. The molecule has 0 saturated carbocycles. The quantitative estimate of drug-likeness (QED) is 0.0169. The van der Waals surface area contributed by atoms with Crippen molar-refractivity contribution in [3.8, 4) is 22.3 Å². The van der Waals surface area contributed by atoms with Gasteiger partial charge in [0.05, 0.1) is 29.8 Å². The van der Waals surface area contributed by atoms with E-state index in [9.17, 15) is 60.5 Å². The minimum absolute atomic E-state index is 0. The van der Waals surface area contributed by atoms with Crippen LogP contribution in [0, 0.1) is 71.3 Å². The fourth-order valence-corrected chi connectivity index (χ4v) is 12.4. The van der Waals surface area contributed by atoms with Crippen molar-refractivity contribution in [1.82, 2.24) is 0 Å². The number of aliphatic carboxylic acids is 2. The molecule has 2 atom stereocenters. The SMILES string of the molecule is CC(N)(CO)C(=O)O.Cc1c(Cl)cccc1/C=C/B1OC(C)(C)C(C)(C)O1.Cc1ccc(C=O)cc1/C=C/c1cccc(-c2cccc(F)c2)c1C.Cc1ccc(C=O)cc1/C=C/c1cccc(Cl)c1C.Cc1ccc(CCC(C)(CO)C(=O)O)cc1/C=C/c1cccc(-c2cccc(F)c2)c1C.FC(F)F.O.O=Cc1cccc(Br)c1.O[B]c1cccc(F)c1. The lowest BCUT2D eigenvalue weighted by atomic mass is 9.84. The second kappa shape index (κ2) is 52.1. The van der Waals surface area contributed by atoms with E-state index in [0.717, 1.165) is 147 Å². The number of carboxylic acids is 2. The Balaban J connectivity index is 0.000000320. The lowest BCUT2D eigenvalue weighted by molar-refractivity contribution is -0.150. The molecule has 1 radical (unpaired) electrons. The van der Waals surface area contributed by atoms with Gasteiger partial charge >= 0.3 is 33.2 Å². The largest absolute Gasteiger partial charge is 0.487 e. The van der Waals surface area contributed by atoms with Gasteiger partial charge in [0.2, 0.25) is 0 Å². The summed E-state index contributed by atoms with van der Waals surface area (Å²) in [6.07, 6.45) is 17.7. The van der Waals surface area contributed by atoms with Crippen LogP contribution in [-0.4, -0.2) is 113 Å². The lowest BCUT2D eigenvalue weighted by Crippen LogP contribution is -2.48.